The van der Waals surface area contributed by atoms with Gasteiger partial charge in [0.2, 0.25) is 6.61 Å². The lowest BCUT2D eigenvalue weighted by Crippen LogP contribution is -2.53. The van der Waals surface area contributed by atoms with Crippen molar-refractivity contribution in [3.05, 3.63) is 11.6 Å². The predicted octanol–water partition coefficient (Wildman–Crippen LogP) is 4.16. The summed E-state index contributed by atoms with van der Waals surface area (Å²) in [7, 11) is 0. The van der Waals surface area contributed by atoms with Gasteiger partial charge < -0.3 is 15.1 Å². The quantitative estimate of drug-likeness (QED) is 0.726. The van der Waals surface area contributed by atoms with Crippen molar-refractivity contribution >= 4 is 11.7 Å². The molecule has 5 nitrogen and oxygen atoms in total. The summed E-state index contributed by atoms with van der Waals surface area (Å²) in [6, 6.07) is 0. The Morgan fingerprint density at radius 2 is 1.89 bits per heavy atom. The van der Waals surface area contributed by atoms with Crippen LogP contribution in [0.25, 0.3) is 0 Å². The fourth-order valence-electron chi connectivity index (χ4n) is 7.06. The van der Waals surface area contributed by atoms with Gasteiger partial charge in [0.25, 0.3) is 0 Å². The number of allylic oxidation sites excluding steroid dienone is 2. The lowest BCUT2D eigenvalue weighted by molar-refractivity contribution is -0.142. The van der Waals surface area contributed by atoms with Crippen molar-refractivity contribution in [2.24, 2.45) is 33.7 Å². The van der Waals surface area contributed by atoms with Crippen LogP contribution in [-0.2, 0) is 9.63 Å². The average Bonchev–Trinajstić information content (AvgIpc) is 2.84. The second-order valence-corrected chi connectivity index (χ2v) is 10.0. The maximum absolute atomic E-state index is 11.0. The van der Waals surface area contributed by atoms with Gasteiger partial charge in [0.05, 0.1) is 11.3 Å². The zero-order valence-electron chi connectivity index (χ0n) is 16.8. The molecule has 0 radical (unpaired) electrons. The van der Waals surface area contributed by atoms with Crippen LogP contribution in [0, 0.1) is 28.6 Å². The third-order valence-corrected chi connectivity index (χ3v) is 8.91. The summed E-state index contributed by atoms with van der Waals surface area (Å²) in [4.78, 5) is 15.6. The molecule has 0 aromatic carbocycles. The monoisotopic (exact) mass is 375 g/mol. The van der Waals surface area contributed by atoms with Gasteiger partial charge in [-0.25, -0.2) is 4.79 Å². The largest absolute Gasteiger partial charge is 0.479 e. The highest BCUT2D eigenvalue weighted by Crippen LogP contribution is 2.67. The number of carbonyl (C=O) groups is 1. The molecule has 0 aromatic heterocycles. The third kappa shape index (κ3) is 2.84. The van der Waals surface area contributed by atoms with E-state index in [4.69, 9.17) is 9.94 Å². The molecule has 6 atom stereocenters. The summed E-state index contributed by atoms with van der Waals surface area (Å²) >= 11 is 0. The van der Waals surface area contributed by atoms with Gasteiger partial charge in [0, 0.05) is 0 Å². The van der Waals surface area contributed by atoms with Crippen LogP contribution in [0.4, 0.5) is 0 Å². The zero-order valence-corrected chi connectivity index (χ0v) is 16.8. The molecule has 27 heavy (non-hydrogen) atoms. The Bertz CT molecular complexity index is 696. The topological polar surface area (TPSA) is 79.1 Å². The van der Waals surface area contributed by atoms with E-state index in [-0.39, 0.29) is 17.4 Å². The Morgan fingerprint density at radius 1 is 1.15 bits per heavy atom. The number of rotatable bonds is 3. The van der Waals surface area contributed by atoms with Crippen molar-refractivity contribution in [3.8, 4) is 0 Å². The zero-order chi connectivity index (χ0) is 19.4. The summed E-state index contributed by atoms with van der Waals surface area (Å²) in [6.45, 7) is 6.44. The molecule has 4 rings (SSSR count). The van der Waals surface area contributed by atoms with Gasteiger partial charge in [-0.05, 0) is 93.0 Å². The molecule has 150 valence electrons. The second-order valence-electron chi connectivity index (χ2n) is 10.0. The van der Waals surface area contributed by atoms with Crippen molar-refractivity contribution in [2.75, 3.05) is 6.61 Å². The Balaban J connectivity index is 1.56. The molecule has 5 heteroatoms. The minimum atomic E-state index is -0.995. The van der Waals surface area contributed by atoms with E-state index >= 15 is 0 Å². The molecule has 0 aliphatic heterocycles. The minimum Gasteiger partial charge on any atom is -0.479 e. The van der Waals surface area contributed by atoms with Gasteiger partial charge in [-0.2, -0.15) is 0 Å². The first-order valence-corrected chi connectivity index (χ1v) is 10.5. The van der Waals surface area contributed by atoms with Crippen LogP contribution < -0.4 is 0 Å². The summed E-state index contributed by atoms with van der Waals surface area (Å²) in [5, 5.41) is 23.8. The molecule has 2 N–H and O–H groups in total. The number of aliphatic carboxylic acids is 1. The lowest BCUT2D eigenvalue weighted by Gasteiger charge is -2.59. The van der Waals surface area contributed by atoms with Gasteiger partial charge in [-0.1, -0.05) is 24.6 Å². The van der Waals surface area contributed by atoms with Crippen LogP contribution in [-0.4, -0.2) is 34.1 Å². The Labute approximate surface area is 161 Å². The molecule has 0 heterocycles. The van der Waals surface area contributed by atoms with Crippen molar-refractivity contribution in [3.63, 3.8) is 0 Å². The van der Waals surface area contributed by atoms with E-state index in [1.165, 1.54) is 18.4 Å². The van der Waals surface area contributed by atoms with E-state index in [0.717, 1.165) is 44.2 Å². The fraction of sp³-hybridized carbons (Fsp3) is 0.818. The van der Waals surface area contributed by atoms with Crippen LogP contribution in [0.1, 0.15) is 72.1 Å². The SMILES string of the molecule is CC12CC/C(=N\OCC(=O)O)C=C1CCC1C2CCC2(C)C1CC[C@]2(C)O. The number of nitrogens with zero attached hydrogens (tertiary/aromatic N) is 1. The molecule has 0 aromatic rings. The highest BCUT2D eigenvalue weighted by molar-refractivity contribution is 5.96. The number of carboxylic acid groups (broad SMARTS) is 1. The first kappa shape index (κ1) is 19.0. The molecule has 4 aliphatic carbocycles. The number of fused-ring (bicyclic) bond motifs is 5. The van der Waals surface area contributed by atoms with Crippen LogP contribution in [0.5, 0.6) is 0 Å². The maximum atomic E-state index is 11.0. The Hall–Kier alpha value is -1.36. The molecule has 0 saturated heterocycles. The minimum absolute atomic E-state index is 0.0672. The first-order valence-electron chi connectivity index (χ1n) is 10.5. The molecular formula is C22H33NO4. The van der Waals surface area contributed by atoms with E-state index < -0.39 is 11.6 Å². The van der Waals surface area contributed by atoms with Gasteiger partial charge >= 0.3 is 5.97 Å². The lowest BCUT2D eigenvalue weighted by atomic mass is 9.46. The number of oxime groups is 1. The highest BCUT2D eigenvalue weighted by atomic mass is 16.6. The van der Waals surface area contributed by atoms with E-state index in [1.807, 2.05) is 0 Å². The normalized spacial score (nSPS) is 47.6. The molecule has 0 amide bonds. The van der Waals surface area contributed by atoms with Crippen molar-refractivity contribution in [1.82, 2.24) is 0 Å². The van der Waals surface area contributed by atoms with Gasteiger partial charge in [0.1, 0.15) is 0 Å². The van der Waals surface area contributed by atoms with Gasteiger partial charge in [-0.3, -0.25) is 0 Å². The molecule has 0 bridgehead atoms. The van der Waals surface area contributed by atoms with Crippen LogP contribution in [0.2, 0.25) is 0 Å². The van der Waals surface area contributed by atoms with E-state index in [9.17, 15) is 9.90 Å². The number of aliphatic hydroxyl groups is 1. The summed E-state index contributed by atoms with van der Waals surface area (Å²) in [5.74, 6) is 1.04. The molecule has 3 fully saturated rings. The molecule has 5 unspecified atom stereocenters. The smallest absolute Gasteiger partial charge is 0.344 e. The highest BCUT2D eigenvalue weighted by Gasteiger charge is 2.62. The van der Waals surface area contributed by atoms with Crippen molar-refractivity contribution in [1.29, 1.82) is 0 Å². The Morgan fingerprint density at radius 3 is 2.63 bits per heavy atom. The number of hydrogen-bond donors (Lipinski definition) is 2. The van der Waals surface area contributed by atoms with E-state index in [0.29, 0.717) is 17.8 Å². The predicted molar refractivity (Wildman–Crippen MR) is 103 cm³/mol. The first-order chi connectivity index (χ1) is 12.7. The van der Waals surface area contributed by atoms with E-state index in [1.54, 1.807) is 0 Å². The summed E-state index contributed by atoms with van der Waals surface area (Å²) in [6.07, 6.45) is 10.8. The number of carboxylic acids is 1. The Kier molecular flexibility index (Phi) is 4.45. The third-order valence-electron chi connectivity index (χ3n) is 8.91. The number of hydrogen-bond acceptors (Lipinski definition) is 4. The van der Waals surface area contributed by atoms with Gasteiger partial charge in [-0.15, -0.1) is 0 Å². The van der Waals surface area contributed by atoms with Gasteiger partial charge in [0.15, 0.2) is 0 Å². The van der Waals surface area contributed by atoms with E-state index in [2.05, 4.69) is 32.0 Å². The fourth-order valence-corrected chi connectivity index (χ4v) is 7.06. The van der Waals surface area contributed by atoms with Crippen molar-refractivity contribution in [2.45, 2.75) is 77.7 Å². The molecule has 3 saturated carbocycles. The molecular weight excluding hydrogens is 342 g/mol. The second kappa shape index (κ2) is 6.33. The van der Waals surface area contributed by atoms with Crippen LogP contribution in [0.3, 0.4) is 0 Å². The average molecular weight is 376 g/mol. The maximum Gasteiger partial charge on any atom is 0.344 e. The standard InChI is InChI=1S/C22H33NO4/c1-20-9-6-15(23-27-13-19(24)25)12-14(20)4-5-16-17(20)7-10-21(2)18(16)8-11-22(21,3)26/h12,16-18,26H,4-11,13H2,1-3H3,(H,24,25)/b23-15+/t16?,17?,18?,20?,21?,22-/m0/s1. The van der Waals surface area contributed by atoms with Crippen LogP contribution >= 0.6 is 0 Å². The van der Waals surface area contributed by atoms with Crippen molar-refractivity contribution < 1.29 is 19.8 Å². The summed E-state index contributed by atoms with van der Waals surface area (Å²) in [5.41, 5.74) is 2.11. The summed E-state index contributed by atoms with van der Waals surface area (Å²) < 4.78 is 0. The molecule has 4 aliphatic rings. The van der Waals surface area contributed by atoms with Crippen LogP contribution in [0.15, 0.2) is 16.8 Å². The molecule has 0 spiro atoms.